The van der Waals surface area contributed by atoms with Crippen LogP contribution in [0.25, 0.3) is 10.8 Å². The molecule has 36 heavy (non-hydrogen) atoms. The van der Waals surface area contributed by atoms with Crippen molar-refractivity contribution in [1.82, 2.24) is 0 Å². The van der Waals surface area contributed by atoms with Gasteiger partial charge in [-0.25, -0.2) is 0 Å². The molecule has 7 nitrogen and oxygen atoms in total. The van der Waals surface area contributed by atoms with Crippen molar-refractivity contribution in [1.29, 1.82) is 0 Å². The normalized spacial score (nSPS) is 16.4. The number of fused-ring (bicyclic) bond motifs is 1. The van der Waals surface area contributed by atoms with E-state index in [1.165, 1.54) is 0 Å². The molecule has 1 aliphatic heterocycles. The molecule has 7 heteroatoms. The molecule has 1 aliphatic rings. The van der Waals surface area contributed by atoms with E-state index >= 15 is 0 Å². The highest BCUT2D eigenvalue weighted by Crippen LogP contribution is 2.36. The smallest absolute Gasteiger partial charge is 0.292 e. The third-order valence-electron chi connectivity index (χ3n) is 6.32. The third kappa shape index (κ3) is 5.03. The lowest BCUT2D eigenvalue weighted by atomic mass is 9.89. The number of ether oxygens (including phenoxy) is 4. The zero-order chi connectivity index (χ0) is 25.2. The van der Waals surface area contributed by atoms with Crippen LogP contribution in [0.2, 0.25) is 0 Å². The zero-order valence-electron chi connectivity index (χ0n) is 20.2. The van der Waals surface area contributed by atoms with E-state index in [-0.39, 0.29) is 18.1 Å². The van der Waals surface area contributed by atoms with Crippen molar-refractivity contribution >= 4 is 10.8 Å². The minimum atomic E-state index is -1.44. The maximum atomic E-state index is 12.0. The summed E-state index contributed by atoms with van der Waals surface area (Å²) in [6.45, 7) is 3.91. The zero-order valence-corrected chi connectivity index (χ0v) is 20.2. The quantitative estimate of drug-likeness (QED) is 0.221. The number of hydrogen-bond donors (Lipinski definition) is 0. The summed E-state index contributed by atoms with van der Waals surface area (Å²) < 4.78 is 23.2. The lowest BCUT2D eigenvalue weighted by Gasteiger charge is -2.38. The van der Waals surface area contributed by atoms with E-state index < -0.39 is 11.3 Å². The molecule has 0 aromatic heterocycles. The van der Waals surface area contributed by atoms with Crippen LogP contribution in [0, 0.1) is 10.1 Å². The van der Waals surface area contributed by atoms with E-state index in [1.807, 2.05) is 84.9 Å². The molecule has 0 radical (unpaired) electrons. The summed E-state index contributed by atoms with van der Waals surface area (Å²) in [4.78, 5) is 11.7. The Morgan fingerprint density at radius 3 is 2.11 bits per heavy atom. The molecule has 1 heterocycles. The summed E-state index contributed by atoms with van der Waals surface area (Å²) in [5, 5.41) is 13.8. The maximum absolute atomic E-state index is 12.0. The van der Waals surface area contributed by atoms with Crippen LogP contribution in [-0.4, -0.2) is 23.9 Å². The third-order valence-corrected chi connectivity index (χ3v) is 6.32. The van der Waals surface area contributed by atoms with Crippen LogP contribution in [0.3, 0.4) is 0 Å². The summed E-state index contributed by atoms with van der Waals surface area (Å²) >= 11 is 0. The van der Waals surface area contributed by atoms with Crippen molar-refractivity contribution in [3.05, 3.63) is 112 Å². The Morgan fingerprint density at radius 1 is 0.806 bits per heavy atom. The minimum absolute atomic E-state index is 0.0508. The van der Waals surface area contributed by atoms with Crippen LogP contribution in [0.15, 0.2) is 91.0 Å². The van der Waals surface area contributed by atoms with Gasteiger partial charge in [0.15, 0.2) is 5.79 Å². The highest BCUT2D eigenvalue weighted by Gasteiger charge is 2.51. The molecule has 0 amide bonds. The predicted octanol–water partition coefficient (Wildman–Crippen LogP) is 6.47. The second kappa shape index (κ2) is 9.60. The minimum Gasteiger partial charge on any atom is -0.489 e. The van der Waals surface area contributed by atoms with E-state index in [1.54, 1.807) is 19.9 Å². The van der Waals surface area contributed by atoms with E-state index in [0.717, 1.165) is 22.1 Å². The molecule has 1 fully saturated rings. The Morgan fingerprint density at radius 2 is 1.42 bits per heavy atom. The van der Waals surface area contributed by atoms with E-state index in [2.05, 4.69) is 0 Å². The number of rotatable bonds is 7. The molecule has 4 aromatic carbocycles. The Bertz CT molecular complexity index is 1360. The Labute approximate surface area is 209 Å². The monoisotopic (exact) mass is 485 g/mol. The second-order valence-electron chi connectivity index (χ2n) is 9.34. The van der Waals surface area contributed by atoms with Crippen molar-refractivity contribution in [3.63, 3.8) is 0 Å². The maximum Gasteiger partial charge on any atom is 0.292 e. The molecule has 4 aromatic rings. The van der Waals surface area contributed by atoms with Crippen molar-refractivity contribution in [3.8, 4) is 17.2 Å². The van der Waals surface area contributed by atoms with Crippen LogP contribution in [0.1, 0.15) is 25.0 Å². The van der Waals surface area contributed by atoms with Crippen LogP contribution in [-0.2, 0) is 21.6 Å². The van der Waals surface area contributed by atoms with Crippen LogP contribution < -0.4 is 9.47 Å². The number of nitro groups is 1. The van der Waals surface area contributed by atoms with Gasteiger partial charge in [0, 0.05) is 10.5 Å². The van der Waals surface area contributed by atoms with Gasteiger partial charge in [0.05, 0.1) is 0 Å². The Balaban J connectivity index is 1.29. The molecule has 0 atom stereocenters. The van der Waals surface area contributed by atoms with Gasteiger partial charge in [-0.15, -0.1) is 0 Å². The summed E-state index contributed by atoms with van der Waals surface area (Å²) in [6.07, 6.45) is 0. The topological polar surface area (TPSA) is 80.1 Å². The van der Waals surface area contributed by atoms with Gasteiger partial charge in [-0.2, -0.15) is 0 Å². The number of nitrogens with zero attached hydrogens (tertiary/aromatic N) is 1. The first kappa shape index (κ1) is 23.8. The summed E-state index contributed by atoms with van der Waals surface area (Å²) in [5.41, 5.74) is 0.215. The molecule has 0 aliphatic carbocycles. The Kier molecular flexibility index (Phi) is 6.35. The fourth-order valence-corrected chi connectivity index (χ4v) is 4.10. The fraction of sp³-hybridized carbons (Fsp3) is 0.241. The summed E-state index contributed by atoms with van der Waals surface area (Å²) in [7, 11) is 0. The molecular formula is C29H27NO6. The lowest BCUT2D eigenvalue weighted by Crippen LogP contribution is -2.53. The van der Waals surface area contributed by atoms with Gasteiger partial charge in [-0.05, 0) is 72.6 Å². The molecule has 0 saturated carbocycles. The first-order chi connectivity index (χ1) is 17.3. The van der Waals surface area contributed by atoms with Gasteiger partial charge in [-0.1, -0.05) is 48.5 Å². The predicted molar refractivity (Wildman–Crippen MR) is 136 cm³/mol. The molecule has 184 valence electrons. The van der Waals surface area contributed by atoms with Crippen LogP contribution in [0.4, 0.5) is 0 Å². The van der Waals surface area contributed by atoms with Gasteiger partial charge >= 0.3 is 0 Å². The van der Waals surface area contributed by atoms with E-state index in [0.29, 0.717) is 23.7 Å². The molecule has 0 N–H and O–H groups in total. The first-order valence-corrected chi connectivity index (χ1v) is 11.7. The van der Waals surface area contributed by atoms with Gasteiger partial charge in [-0.3, -0.25) is 10.1 Å². The SMILES string of the molecule is CC1(C)OCC(c2ccc3cc(Oc4ccc(OCc5ccccc5)cc4)ccc3c2)([N+](=O)[O-])CO1. The molecule has 0 unspecified atom stereocenters. The van der Waals surface area contributed by atoms with Crippen LogP contribution >= 0.6 is 0 Å². The van der Waals surface area contributed by atoms with E-state index in [4.69, 9.17) is 18.9 Å². The van der Waals surface area contributed by atoms with Gasteiger partial charge in [0.2, 0.25) is 0 Å². The molecule has 1 saturated heterocycles. The van der Waals surface area contributed by atoms with E-state index in [9.17, 15) is 10.1 Å². The lowest BCUT2D eigenvalue weighted by molar-refractivity contribution is -0.605. The van der Waals surface area contributed by atoms with Gasteiger partial charge in [0.25, 0.3) is 5.54 Å². The molecule has 5 rings (SSSR count). The first-order valence-electron chi connectivity index (χ1n) is 11.7. The van der Waals surface area contributed by atoms with Crippen molar-refractivity contribution in [2.24, 2.45) is 0 Å². The van der Waals surface area contributed by atoms with Crippen molar-refractivity contribution in [2.75, 3.05) is 13.2 Å². The molecular weight excluding hydrogens is 458 g/mol. The highest BCUT2D eigenvalue weighted by molar-refractivity contribution is 5.84. The summed E-state index contributed by atoms with van der Waals surface area (Å²) in [6, 6.07) is 28.6. The number of benzene rings is 4. The number of hydrogen-bond acceptors (Lipinski definition) is 6. The second-order valence-corrected chi connectivity index (χ2v) is 9.34. The molecule has 0 spiro atoms. The Hall–Kier alpha value is -3.94. The molecule has 0 bridgehead atoms. The van der Waals surface area contributed by atoms with Crippen LogP contribution in [0.5, 0.6) is 17.2 Å². The summed E-state index contributed by atoms with van der Waals surface area (Å²) in [5.74, 6) is 1.28. The van der Waals surface area contributed by atoms with Gasteiger partial charge in [0.1, 0.15) is 37.1 Å². The largest absolute Gasteiger partial charge is 0.489 e. The van der Waals surface area contributed by atoms with Gasteiger partial charge < -0.3 is 18.9 Å². The standard InChI is InChI=1S/C29H27NO6/c1-28(2)34-19-29(20-35-28,30(31)32)24-10-8-23-17-27(11-9-22(23)16-24)36-26-14-12-25(13-15-26)33-18-21-6-4-3-5-7-21/h3-17H,18-20H2,1-2H3. The highest BCUT2D eigenvalue weighted by atomic mass is 16.7. The average molecular weight is 486 g/mol. The average Bonchev–Trinajstić information content (AvgIpc) is 2.89. The van der Waals surface area contributed by atoms with Crippen molar-refractivity contribution < 1.29 is 23.9 Å². The van der Waals surface area contributed by atoms with Crippen molar-refractivity contribution in [2.45, 2.75) is 31.8 Å². The fourth-order valence-electron chi connectivity index (χ4n) is 4.10.